The smallest absolute Gasteiger partial charge is 0.207 e. The van der Waals surface area contributed by atoms with Crippen molar-refractivity contribution in [1.29, 1.82) is 0 Å². The molecule has 1 aromatic carbocycles. The Bertz CT molecular complexity index is 752. The van der Waals surface area contributed by atoms with Crippen LogP contribution in [0.15, 0.2) is 24.5 Å². The number of benzene rings is 1. The standard InChI is InChI=1S/C14H16Cl2N4O4S.C2H6/c1-22-6-5-19-25(21)20-14-12(13(16)17-8-18-14)24-11-7-9(23-2)3-4-10(11)15;1-2/h3-4,7-8,19H,5-6H2,1-2H3,(H,17,18,20);1-2H3. The second-order valence-corrected chi connectivity index (χ2v) is 6.29. The molecule has 2 N–H and O–H groups in total. The van der Waals surface area contributed by atoms with E-state index in [-0.39, 0.29) is 16.7 Å². The Morgan fingerprint density at radius 3 is 2.59 bits per heavy atom. The van der Waals surface area contributed by atoms with Gasteiger partial charge in [-0.05, 0) is 12.1 Å². The highest BCUT2D eigenvalue weighted by Crippen LogP contribution is 2.38. The first kappa shape index (κ1) is 23.4. The third-order valence-corrected chi connectivity index (χ3v) is 4.27. The number of halogens is 2. The van der Waals surface area contributed by atoms with Gasteiger partial charge < -0.3 is 14.2 Å². The fourth-order valence-electron chi connectivity index (χ4n) is 1.67. The molecule has 1 heterocycles. The van der Waals surface area contributed by atoms with Crippen LogP contribution >= 0.6 is 23.2 Å². The maximum atomic E-state index is 12.0. The summed E-state index contributed by atoms with van der Waals surface area (Å²) in [7, 11) is 3.07. The molecule has 0 saturated carbocycles. The van der Waals surface area contributed by atoms with Crippen LogP contribution < -0.4 is 18.9 Å². The second kappa shape index (κ2) is 12.7. The first-order chi connectivity index (χ1) is 13.0. The molecule has 2 aromatic rings. The van der Waals surface area contributed by atoms with Gasteiger partial charge >= 0.3 is 0 Å². The minimum absolute atomic E-state index is 0.0327. The second-order valence-electron chi connectivity index (χ2n) is 4.50. The summed E-state index contributed by atoms with van der Waals surface area (Å²) in [6.45, 7) is 4.79. The molecule has 11 heteroatoms. The van der Waals surface area contributed by atoms with Gasteiger partial charge in [0.05, 0.1) is 18.7 Å². The SMILES string of the molecule is CC.COCCNS(=O)Nc1ncnc(Cl)c1Oc1cc(OC)ccc1Cl. The van der Waals surface area contributed by atoms with Crippen LogP contribution in [0.5, 0.6) is 17.2 Å². The number of rotatable bonds is 9. The minimum Gasteiger partial charge on any atom is -0.497 e. The van der Waals surface area contributed by atoms with Crippen molar-refractivity contribution in [1.82, 2.24) is 14.7 Å². The van der Waals surface area contributed by atoms with Gasteiger partial charge in [0.1, 0.15) is 17.8 Å². The zero-order valence-corrected chi connectivity index (χ0v) is 17.7. The quantitative estimate of drug-likeness (QED) is 0.457. The van der Waals surface area contributed by atoms with E-state index < -0.39 is 11.2 Å². The maximum Gasteiger partial charge on any atom is 0.207 e. The predicted molar refractivity (Wildman–Crippen MR) is 108 cm³/mol. The lowest BCUT2D eigenvalue weighted by molar-refractivity contribution is 0.205. The lowest BCUT2D eigenvalue weighted by Gasteiger charge is -2.14. The fraction of sp³-hybridized carbons (Fsp3) is 0.375. The molecule has 0 aliphatic carbocycles. The van der Waals surface area contributed by atoms with Crippen LogP contribution in [0.4, 0.5) is 5.82 Å². The molecule has 1 atom stereocenters. The van der Waals surface area contributed by atoms with Gasteiger partial charge in [-0.2, -0.15) is 0 Å². The van der Waals surface area contributed by atoms with Crippen LogP contribution in [0, 0.1) is 0 Å². The van der Waals surface area contributed by atoms with Crippen molar-refractivity contribution < 1.29 is 18.4 Å². The summed E-state index contributed by atoms with van der Waals surface area (Å²) < 4.78 is 33.1. The van der Waals surface area contributed by atoms with Crippen LogP contribution in [0.2, 0.25) is 10.2 Å². The highest BCUT2D eigenvalue weighted by molar-refractivity contribution is 7.84. The van der Waals surface area contributed by atoms with E-state index >= 15 is 0 Å². The Morgan fingerprint density at radius 2 is 1.93 bits per heavy atom. The molecule has 1 aromatic heterocycles. The van der Waals surface area contributed by atoms with E-state index in [1.54, 1.807) is 25.3 Å². The molecule has 0 radical (unpaired) electrons. The Balaban J connectivity index is 0.00000176. The summed E-state index contributed by atoms with van der Waals surface area (Å²) in [5, 5.41) is 0.372. The molecule has 27 heavy (non-hydrogen) atoms. The summed E-state index contributed by atoms with van der Waals surface area (Å²) in [6.07, 6.45) is 1.22. The summed E-state index contributed by atoms with van der Waals surface area (Å²) >= 11 is 10.6. The van der Waals surface area contributed by atoms with E-state index in [1.807, 2.05) is 13.8 Å². The molecule has 0 aliphatic heterocycles. The monoisotopic (exact) mass is 436 g/mol. The highest BCUT2D eigenvalue weighted by Gasteiger charge is 2.16. The van der Waals surface area contributed by atoms with Gasteiger partial charge in [-0.15, -0.1) is 0 Å². The topological polar surface area (TPSA) is 94.6 Å². The molecular formula is C16H22Cl2N4O4S. The van der Waals surface area contributed by atoms with E-state index in [0.29, 0.717) is 29.7 Å². The van der Waals surface area contributed by atoms with Crippen molar-refractivity contribution in [2.75, 3.05) is 32.1 Å². The van der Waals surface area contributed by atoms with E-state index in [0.717, 1.165) is 0 Å². The zero-order chi connectivity index (χ0) is 20.2. The van der Waals surface area contributed by atoms with E-state index in [9.17, 15) is 4.21 Å². The zero-order valence-electron chi connectivity index (χ0n) is 15.4. The summed E-state index contributed by atoms with van der Waals surface area (Å²) in [5.74, 6) is 1.06. The van der Waals surface area contributed by atoms with Crippen molar-refractivity contribution >= 4 is 40.2 Å². The van der Waals surface area contributed by atoms with Crippen molar-refractivity contribution in [3.63, 3.8) is 0 Å². The number of hydrogen-bond donors (Lipinski definition) is 2. The lowest BCUT2D eigenvalue weighted by Crippen LogP contribution is -2.27. The number of ether oxygens (including phenoxy) is 3. The molecule has 0 bridgehead atoms. The Morgan fingerprint density at radius 1 is 1.19 bits per heavy atom. The van der Waals surface area contributed by atoms with Crippen molar-refractivity contribution in [2.45, 2.75) is 13.8 Å². The third kappa shape index (κ3) is 7.47. The molecular weight excluding hydrogens is 415 g/mol. The number of aromatic nitrogens is 2. The maximum absolute atomic E-state index is 12.0. The average molecular weight is 437 g/mol. The minimum atomic E-state index is -1.63. The van der Waals surface area contributed by atoms with Crippen LogP contribution in [-0.4, -0.2) is 41.5 Å². The number of anilines is 1. The Kier molecular flexibility index (Phi) is 11.0. The first-order valence-corrected chi connectivity index (χ1v) is 9.88. The normalized spacial score (nSPS) is 11.2. The summed E-state index contributed by atoms with van der Waals surface area (Å²) in [6, 6.07) is 4.89. The number of hydrogen-bond acceptors (Lipinski definition) is 6. The molecule has 0 spiro atoms. The van der Waals surface area contributed by atoms with Gasteiger partial charge in [0.15, 0.2) is 22.1 Å². The van der Waals surface area contributed by atoms with Crippen molar-refractivity contribution in [3.8, 4) is 17.2 Å². The van der Waals surface area contributed by atoms with Gasteiger partial charge in [-0.1, -0.05) is 37.0 Å². The fourth-order valence-corrected chi connectivity index (χ4v) is 2.66. The predicted octanol–water partition coefficient (Wildman–Crippen LogP) is 3.84. The number of methoxy groups -OCH3 is 2. The average Bonchev–Trinajstić information content (AvgIpc) is 2.68. The van der Waals surface area contributed by atoms with Crippen LogP contribution in [0.3, 0.4) is 0 Å². The number of nitrogens with one attached hydrogen (secondary N) is 2. The molecule has 0 amide bonds. The Hall–Kier alpha value is -1.65. The van der Waals surface area contributed by atoms with Crippen LogP contribution in [0.25, 0.3) is 0 Å². The first-order valence-electron chi connectivity index (χ1n) is 7.98. The summed E-state index contributed by atoms with van der Waals surface area (Å²) in [5.41, 5.74) is 0. The van der Waals surface area contributed by atoms with E-state index in [1.165, 1.54) is 13.4 Å². The van der Waals surface area contributed by atoms with Gasteiger partial charge in [0.2, 0.25) is 5.75 Å². The lowest BCUT2D eigenvalue weighted by atomic mass is 10.3. The van der Waals surface area contributed by atoms with Crippen LogP contribution in [0.1, 0.15) is 13.8 Å². The van der Waals surface area contributed by atoms with Crippen molar-refractivity contribution in [2.24, 2.45) is 0 Å². The number of nitrogens with zero attached hydrogens (tertiary/aromatic N) is 2. The van der Waals surface area contributed by atoms with E-state index in [4.69, 9.17) is 37.4 Å². The molecule has 8 nitrogen and oxygen atoms in total. The van der Waals surface area contributed by atoms with E-state index in [2.05, 4.69) is 19.4 Å². The largest absolute Gasteiger partial charge is 0.497 e. The molecule has 1 unspecified atom stereocenters. The summed E-state index contributed by atoms with van der Waals surface area (Å²) in [4.78, 5) is 7.87. The van der Waals surface area contributed by atoms with Gasteiger partial charge in [-0.3, -0.25) is 4.72 Å². The third-order valence-electron chi connectivity index (χ3n) is 2.84. The van der Waals surface area contributed by atoms with Gasteiger partial charge in [0.25, 0.3) is 0 Å². The molecule has 0 fully saturated rings. The van der Waals surface area contributed by atoms with Gasteiger partial charge in [-0.25, -0.2) is 18.9 Å². The molecule has 0 saturated heterocycles. The van der Waals surface area contributed by atoms with Crippen molar-refractivity contribution in [3.05, 3.63) is 34.7 Å². The van der Waals surface area contributed by atoms with Gasteiger partial charge in [0, 0.05) is 19.7 Å². The molecule has 2 rings (SSSR count). The Labute approximate surface area is 171 Å². The highest BCUT2D eigenvalue weighted by atomic mass is 35.5. The molecule has 0 aliphatic rings. The molecule has 150 valence electrons. The van der Waals surface area contributed by atoms with Crippen LogP contribution in [-0.2, 0) is 15.9 Å².